The van der Waals surface area contributed by atoms with E-state index in [4.69, 9.17) is 12.2 Å². The van der Waals surface area contributed by atoms with Crippen LogP contribution in [0.5, 0.6) is 0 Å². The van der Waals surface area contributed by atoms with Gasteiger partial charge in [-0.1, -0.05) is 34.8 Å². The molecule has 0 bridgehead atoms. The fraction of sp³-hybridized carbons (Fsp3) is 0.417. The zero-order valence-electron chi connectivity index (χ0n) is 9.00. The van der Waals surface area contributed by atoms with Gasteiger partial charge in [0.25, 0.3) is 0 Å². The van der Waals surface area contributed by atoms with Crippen LogP contribution in [0.15, 0.2) is 28.7 Å². The van der Waals surface area contributed by atoms with E-state index >= 15 is 0 Å². The van der Waals surface area contributed by atoms with E-state index < -0.39 is 0 Å². The molecule has 16 heavy (non-hydrogen) atoms. The Bertz CT molecular complexity index is 375. The molecule has 0 aliphatic heterocycles. The second-order valence-electron chi connectivity index (χ2n) is 4.09. The van der Waals surface area contributed by atoms with E-state index in [1.54, 1.807) is 0 Å². The molecule has 1 aromatic rings. The summed E-state index contributed by atoms with van der Waals surface area (Å²) in [4.78, 5) is 0. The zero-order valence-corrected chi connectivity index (χ0v) is 11.4. The third kappa shape index (κ3) is 3.46. The number of thiocarbonyl (C=S) groups is 1. The number of halogens is 1. The molecular weight excluding hydrogens is 284 g/mol. The SMILES string of the molecule is S=C(Nc1cccc(Br)c1)NC1CCCC1. The van der Waals surface area contributed by atoms with Gasteiger partial charge in [-0.15, -0.1) is 0 Å². The maximum atomic E-state index is 5.28. The molecule has 4 heteroatoms. The summed E-state index contributed by atoms with van der Waals surface area (Å²) in [6.07, 6.45) is 5.11. The number of hydrogen-bond acceptors (Lipinski definition) is 1. The number of anilines is 1. The van der Waals surface area contributed by atoms with Gasteiger partial charge >= 0.3 is 0 Å². The van der Waals surface area contributed by atoms with Crippen molar-refractivity contribution in [3.63, 3.8) is 0 Å². The van der Waals surface area contributed by atoms with Gasteiger partial charge in [0.15, 0.2) is 5.11 Å². The molecule has 0 atom stereocenters. The largest absolute Gasteiger partial charge is 0.360 e. The van der Waals surface area contributed by atoms with Gasteiger partial charge in [0.2, 0.25) is 0 Å². The first-order valence-corrected chi connectivity index (χ1v) is 6.77. The summed E-state index contributed by atoms with van der Waals surface area (Å²) in [5.41, 5.74) is 1.02. The normalized spacial score (nSPS) is 16.1. The topological polar surface area (TPSA) is 24.1 Å². The van der Waals surface area contributed by atoms with Gasteiger partial charge in [-0.2, -0.15) is 0 Å². The predicted molar refractivity (Wildman–Crippen MR) is 75.8 cm³/mol. The average molecular weight is 299 g/mol. The minimum absolute atomic E-state index is 0.562. The van der Waals surface area contributed by atoms with Crippen molar-refractivity contribution in [1.82, 2.24) is 5.32 Å². The van der Waals surface area contributed by atoms with Crippen LogP contribution in [0.1, 0.15) is 25.7 Å². The molecule has 86 valence electrons. The van der Waals surface area contributed by atoms with Crippen LogP contribution >= 0.6 is 28.1 Å². The quantitative estimate of drug-likeness (QED) is 0.815. The Morgan fingerprint density at radius 1 is 1.31 bits per heavy atom. The number of benzene rings is 1. The lowest BCUT2D eigenvalue weighted by atomic mass is 10.2. The van der Waals surface area contributed by atoms with Crippen molar-refractivity contribution < 1.29 is 0 Å². The Balaban J connectivity index is 1.86. The summed E-state index contributed by atoms with van der Waals surface area (Å²) in [7, 11) is 0. The van der Waals surface area contributed by atoms with Gasteiger partial charge < -0.3 is 10.6 Å². The Morgan fingerprint density at radius 2 is 2.06 bits per heavy atom. The lowest BCUT2D eigenvalue weighted by Gasteiger charge is -2.15. The third-order valence-corrected chi connectivity index (χ3v) is 3.49. The van der Waals surface area contributed by atoms with Crippen molar-refractivity contribution in [2.24, 2.45) is 0 Å². The van der Waals surface area contributed by atoms with Crippen LogP contribution in [0, 0.1) is 0 Å². The minimum atomic E-state index is 0.562. The number of rotatable bonds is 2. The molecule has 0 heterocycles. The molecule has 2 nitrogen and oxygen atoms in total. The first-order valence-electron chi connectivity index (χ1n) is 5.57. The minimum Gasteiger partial charge on any atom is -0.360 e. The van der Waals surface area contributed by atoms with Crippen LogP contribution in [-0.4, -0.2) is 11.2 Å². The Hall–Kier alpha value is -0.610. The van der Waals surface area contributed by atoms with Gasteiger partial charge in [0.1, 0.15) is 0 Å². The van der Waals surface area contributed by atoms with Crippen LogP contribution in [-0.2, 0) is 0 Å². The fourth-order valence-electron chi connectivity index (χ4n) is 1.99. The standard InChI is InChI=1S/C12H15BrN2S/c13-9-4-3-7-11(8-9)15-12(16)14-10-5-1-2-6-10/h3-4,7-8,10H,1-2,5-6H2,(H2,14,15,16). The summed E-state index contributed by atoms with van der Waals surface area (Å²) in [6.45, 7) is 0. The summed E-state index contributed by atoms with van der Waals surface area (Å²) in [5, 5.41) is 7.28. The van der Waals surface area contributed by atoms with Crippen molar-refractivity contribution in [2.45, 2.75) is 31.7 Å². The highest BCUT2D eigenvalue weighted by atomic mass is 79.9. The molecule has 2 N–H and O–H groups in total. The molecule has 1 aromatic carbocycles. The van der Waals surface area contributed by atoms with Crippen LogP contribution in [0.2, 0.25) is 0 Å². The van der Waals surface area contributed by atoms with Crippen molar-refractivity contribution in [2.75, 3.05) is 5.32 Å². The highest BCUT2D eigenvalue weighted by Gasteiger charge is 2.15. The lowest BCUT2D eigenvalue weighted by Crippen LogP contribution is -2.35. The molecule has 1 aliphatic rings. The highest BCUT2D eigenvalue weighted by molar-refractivity contribution is 9.10. The Labute approximate surface area is 110 Å². The van der Waals surface area contributed by atoms with E-state index in [1.165, 1.54) is 25.7 Å². The molecule has 2 rings (SSSR count). The molecule has 0 saturated heterocycles. The molecular formula is C12H15BrN2S. The van der Waals surface area contributed by atoms with E-state index in [-0.39, 0.29) is 0 Å². The second-order valence-corrected chi connectivity index (χ2v) is 5.41. The van der Waals surface area contributed by atoms with Crippen molar-refractivity contribution >= 4 is 38.9 Å². The average Bonchev–Trinajstić information content (AvgIpc) is 2.70. The number of hydrogen-bond donors (Lipinski definition) is 2. The first-order chi connectivity index (χ1) is 7.74. The number of nitrogens with one attached hydrogen (secondary N) is 2. The Morgan fingerprint density at radius 3 is 2.75 bits per heavy atom. The Kier molecular flexibility index (Phi) is 4.18. The predicted octanol–water partition coefficient (Wildman–Crippen LogP) is 3.68. The maximum absolute atomic E-state index is 5.28. The van der Waals surface area contributed by atoms with Gasteiger partial charge in [0, 0.05) is 16.2 Å². The molecule has 1 fully saturated rings. The van der Waals surface area contributed by atoms with E-state index in [1.807, 2.05) is 24.3 Å². The molecule has 0 spiro atoms. The monoisotopic (exact) mass is 298 g/mol. The maximum Gasteiger partial charge on any atom is 0.170 e. The second kappa shape index (κ2) is 5.64. The molecule has 1 saturated carbocycles. The molecule has 0 radical (unpaired) electrons. The molecule has 0 aromatic heterocycles. The van der Waals surface area contributed by atoms with Crippen LogP contribution in [0.3, 0.4) is 0 Å². The van der Waals surface area contributed by atoms with E-state index in [2.05, 4.69) is 26.6 Å². The third-order valence-electron chi connectivity index (χ3n) is 2.77. The smallest absolute Gasteiger partial charge is 0.170 e. The summed E-state index contributed by atoms with van der Waals surface area (Å²) < 4.78 is 1.06. The molecule has 0 unspecified atom stereocenters. The van der Waals surface area contributed by atoms with E-state index in [9.17, 15) is 0 Å². The first kappa shape index (κ1) is 11.9. The van der Waals surface area contributed by atoms with Gasteiger partial charge in [-0.05, 0) is 43.3 Å². The van der Waals surface area contributed by atoms with Crippen LogP contribution in [0.4, 0.5) is 5.69 Å². The fourth-order valence-corrected chi connectivity index (χ4v) is 2.67. The lowest BCUT2D eigenvalue weighted by molar-refractivity contribution is 0.634. The van der Waals surface area contributed by atoms with Gasteiger partial charge in [0.05, 0.1) is 0 Å². The van der Waals surface area contributed by atoms with Gasteiger partial charge in [-0.25, -0.2) is 0 Å². The van der Waals surface area contributed by atoms with Crippen LogP contribution in [0.25, 0.3) is 0 Å². The molecule has 0 amide bonds. The summed E-state index contributed by atoms with van der Waals surface area (Å²) in [5.74, 6) is 0. The van der Waals surface area contributed by atoms with Crippen molar-refractivity contribution in [1.29, 1.82) is 0 Å². The highest BCUT2D eigenvalue weighted by Crippen LogP contribution is 2.18. The van der Waals surface area contributed by atoms with Crippen LogP contribution < -0.4 is 10.6 Å². The van der Waals surface area contributed by atoms with Crippen molar-refractivity contribution in [3.8, 4) is 0 Å². The van der Waals surface area contributed by atoms with Gasteiger partial charge in [-0.3, -0.25) is 0 Å². The van der Waals surface area contributed by atoms with E-state index in [0.717, 1.165) is 15.3 Å². The summed E-state index contributed by atoms with van der Waals surface area (Å²) in [6, 6.07) is 8.58. The zero-order chi connectivity index (χ0) is 11.4. The van der Waals surface area contributed by atoms with Crippen molar-refractivity contribution in [3.05, 3.63) is 28.7 Å². The van der Waals surface area contributed by atoms with E-state index in [0.29, 0.717) is 6.04 Å². The molecule has 1 aliphatic carbocycles. The summed E-state index contributed by atoms with van der Waals surface area (Å²) >= 11 is 8.71.